The molecule has 2 N–H and O–H groups in total. The summed E-state index contributed by atoms with van der Waals surface area (Å²) in [5.41, 5.74) is 3.43. The van der Waals surface area contributed by atoms with Gasteiger partial charge in [-0.05, 0) is 24.6 Å². The van der Waals surface area contributed by atoms with Crippen LogP contribution >= 0.6 is 0 Å². The Kier molecular flexibility index (Phi) is 2.87. The molecule has 7 nitrogen and oxygen atoms in total. The van der Waals surface area contributed by atoms with E-state index in [1.807, 2.05) is 26.0 Å². The van der Waals surface area contributed by atoms with E-state index < -0.39 is 22.2 Å². The summed E-state index contributed by atoms with van der Waals surface area (Å²) < 4.78 is 17.0. The number of amidine groups is 1. The van der Waals surface area contributed by atoms with Crippen LogP contribution in [-0.2, 0) is 14.9 Å². The molecule has 7 heteroatoms. The molecule has 1 spiro atoms. The number of ether oxygens (including phenoxy) is 3. The summed E-state index contributed by atoms with van der Waals surface area (Å²) in [5, 5.41) is 20.2. The lowest BCUT2D eigenvalue weighted by Crippen LogP contribution is -2.42. The number of benzene rings is 1. The van der Waals surface area contributed by atoms with E-state index in [0.717, 1.165) is 5.56 Å². The molecule has 2 heterocycles. The second-order valence-electron chi connectivity index (χ2n) is 6.90. The van der Waals surface area contributed by atoms with Crippen LogP contribution in [0.25, 0.3) is 0 Å². The smallest absolute Gasteiger partial charge is 0.294 e. The Morgan fingerprint density at radius 3 is 2.44 bits per heavy atom. The van der Waals surface area contributed by atoms with Gasteiger partial charge in [0.25, 0.3) is 5.91 Å². The van der Waals surface area contributed by atoms with Gasteiger partial charge in [0.05, 0.1) is 32.0 Å². The number of methoxy groups -OCH3 is 1. The number of hydrogen-bond acceptors (Lipinski definition) is 7. The van der Waals surface area contributed by atoms with Gasteiger partial charge in [-0.15, -0.1) is 0 Å². The van der Waals surface area contributed by atoms with Gasteiger partial charge >= 0.3 is 0 Å². The highest BCUT2D eigenvalue weighted by molar-refractivity contribution is 6.02. The van der Waals surface area contributed by atoms with Gasteiger partial charge in [-0.1, -0.05) is 19.1 Å². The van der Waals surface area contributed by atoms with E-state index >= 15 is 0 Å². The van der Waals surface area contributed by atoms with Gasteiger partial charge in [0.15, 0.2) is 10.8 Å². The zero-order valence-electron chi connectivity index (χ0n) is 14.2. The minimum atomic E-state index is -1.55. The van der Waals surface area contributed by atoms with Gasteiger partial charge < -0.3 is 19.9 Å². The average molecular weight is 338 g/mol. The second kappa shape index (κ2) is 4.51. The molecule has 2 aliphatic heterocycles. The molecular weight excluding hydrogens is 320 g/mol. The van der Waals surface area contributed by atoms with Crippen LogP contribution in [0.3, 0.4) is 0 Å². The van der Waals surface area contributed by atoms with Gasteiger partial charge in [-0.25, -0.2) is 4.99 Å². The van der Waals surface area contributed by atoms with E-state index in [0.29, 0.717) is 12.4 Å². The summed E-state index contributed by atoms with van der Waals surface area (Å²) in [7, 11) is 1.58. The van der Waals surface area contributed by atoms with E-state index in [2.05, 4.69) is 17.1 Å². The van der Waals surface area contributed by atoms with Gasteiger partial charge in [-0.2, -0.15) is 10.5 Å². The van der Waals surface area contributed by atoms with Crippen LogP contribution in [0.4, 0.5) is 0 Å². The van der Waals surface area contributed by atoms with E-state index in [1.165, 1.54) is 0 Å². The maximum absolute atomic E-state index is 10.2. The van der Waals surface area contributed by atoms with Crippen LogP contribution in [0, 0.1) is 33.5 Å². The Hall–Kier alpha value is -2.61. The van der Waals surface area contributed by atoms with Crippen molar-refractivity contribution in [3.05, 3.63) is 29.8 Å². The highest BCUT2D eigenvalue weighted by atomic mass is 16.8. The monoisotopic (exact) mass is 338 g/mol. The third-order valence-electron chi connectivity index (χ3n) is 6.00. The number of rotatable bonds is 2. The minimum absolute atomic E-state index is 0.0870. The lowest BCUT2D eigenvalue weighted by atomic mass is 9.84. The van der Waals surface area contributed by atoms with Crippen molar-refractivity contribution in [2.45, 2.75) is 31.3 Å². The summed E-state index contributed by atoms with van der Waals surface area (Å²) in [5.74, 6) is -0.771. The maximum atomic E-state index is 10.2. The largest absolute Gasteiger partial charge is 0.497 e. The fourth-order valence-electron chi connectivity index (χ4n) is 4.75. The van der Waals surface area contributed by atoms with Gasteiger partial charge in [0, 0.05) is 5.41 Å². The predicted octanol–water partition coefficient (Wildman–Crippen LogP) is 1.45. The second-order valence-corrected chi connectivity index (χ2v) is 6.90. The molecule has 128 valence electrons. The lowest BCUT2D eigenvalue weighted by Gasteiger charge is -2.30. The Morgan fingerprint density at radius 2 is 1.96 bits per heavy atom. The zero-order chi connectivity index (χ0) is 18.1. The summed E-state index contributed by atoms with van der Waals surface area (Å²) in [6.07, 6.45) is -0.239. The van der Waals surface area contributed by atoms with Crippen LogP contribution in [-0.4, -0.2) is 31.6 Å². The molecule has 25 heavy (non-hydrogen) atoms. The topological polar surface area (TPSA) is 114 Å². The van der Waals surface area contributed by atoms with Crippen molar-refractivity contribution in [2.75, 3.05) is 13.7 Å². The Morgan fingerprint density at radius 1 is 1.28 bits per heavy atom. The maximum Gasteiger partial charge on any atom is 0.294 e. The Bertz CT molecular complexity index is 870. The Labute approximate surface area is 145 Å². The predicted molar refractivity (Wildman–Crippen MR) is 87.3 cm³/mol. The molecule has 1 aromatic carbocycles. The minimum Gasteiger partial charge on any atom is -0.497 e. The van der Waals surface area contributed by atoms with Crippen molar-refractivity contribution in [3.63, 3.8) is 0 Å². The van der Waals surface area contributed by atoms with Crippen molar-refractivity contribution in [3.8, 4) is 17.9 Å². The number of fused-ring (bicyclic) bond motifs is 2. The van der Waals surface area contributed by atoms with Crippen LogP contribution in [0.2, 0.25) is 0 Å². The molecule has 0 amide bonds. The molecule has 3 aliphatic rings. The fraction of sp³-hybridized carbons (Fsp3) is 0.500. The van der Waals surface area contributed by atoms with Crippen molar-refractivity contribution in [1.29, 1.82) is 10.5 Å². The average Bonchev–Trinajstić information content (AvgIpc) is 2.80. The van der Waals surface area contributed by atoms with E-state index in [-0.39, 0.29) is 11.9 Å². The molecule has 5 atom stereocenters. The number of nitrogens with two attached hydrogens (primary N) is 1. The molecular formula is C18H18N4O3. The van der Waals surface area contributed by atoms with Gasteiger partial charge in [0.1, 0.15) is 11.6 Å². The van der Waals surface area contributed by atoms with E-state index in [9.17, 15) is 10.5 Å². The van der Waals surface area contributed by atoms with E-state index in [1.54, 1.807) is 19.2 Å². The molecule has 0 aromatic heterocycles. The molecule has 4 rings (SSSR count). The summed E-state index contributed by atoms with van der Waals surface area (Å²) >= 11 is 0. The number of hydrogen-bond donors (Lipinski definition) is 1. The third kappa shape index (κ3) is 1.34. The Balaban J connectivity index is 1.94. The van der Waals surface area contributed by atoms with Crippen LogP contribution < -0.4 is 10.5 Å². The first-order chi connectivity index (χ1) is 11.9. The number of aliphatic imine (C=N–C) groups is 1. The van der Waals surface area contributed by atoms with E-state index in [4.69, 9.17) is 19.9 Å². The van der Waals surface area contributed by atoms with Gasteiger partial charge in [-0.3, -0.25) is 0 Å². The van der Waals surface area contributed by atoms with Crippen LogP contribution in [0.1, 0.15) is 19.4 Å². The SMILES string of the molecule is COc1ccc([C@@]2(C)[C@]3(C#N)C(N)=N[C@]4(OC[C@@H](C)O4)[C@@]32C#N)cc1. The standard InChI is InChI=1S/C18H18N4O3/c1-11-8-24-18(25-11)17(10-20)15(2,16(17,9-19)14(21)22-18)12-4-6-13(23-3)7-5-12/h4-7,11H,8H2,1-3H3,(H2,21,22)/t11-,15+,16+,17-,18+/m1/s1. The third-order valence-corrected chi connectivity index (χ3v) is 6.00. The molecule has 0 unspecified atom stereocenters. The first kappa shape index (κ1) is 15.9. The van der Waals surface area contributed by atoms with Crippen LogP contribution in [0.15, 0.2) is 29.3 Å². The lowest BCUT2D eigenvalue weighted by molar-refractivity contribution is -0.196. The zero-order valence-corrected chi connectivity index (χ0v) is 14.2. The first-order valence-electron chi connectivity index (χ1n) is 8.04. The van der Waals surface area contributed by atoms with Crippen molar-refractivity contribution >= 4 is 5.84 Å². The first-order valence-corrected chi connectivity index (χ1v) is 8.04. The molecule has 2 fully saturated rings. The van der Waals surface area contributed by atoms with Gasteiger partial charge in [0.2, 0.25) is 0 Å². The molecule has 1 aliphatic carbocycles. The summed E-state index contributed by atoms with van der Waals surface area (Å²) in [6, 6.07) is 11.9. The quantitative estimate of drug-likeness (QED) is 0.873. The van der Waals surface area contributed by atoms with Crippen molar-refractivity contribution in [1.82, 2.24) is 0 Å². The summed E-state index contributed by atoms with van der Waals surface area (Å²) in [4.78, 5) is 4.32. The molecule has 0 bridgehead atoms. The molecule has 0 radical (unpaired) electrons. The highest BCUT2D eigenvalue weighted by Crippen LogP contribution is 2.85. The molecule has 1 aromatic rings. The van der Waals surface area contributed by atoms with Crippen molar-refractivity contribution < 1.29 is 14.2 Å². The molecule has 1 saturated heterocycles. The number of nitriles is 2. The normalized spacial score (nSPS) is 43.9. The number of nitrogens with zero attached hydrogens (tertiary/aromatic N) is 3. The highest BCUT2D eigenvalue weighted by Gasteiger charge is 3.00. The molecule has 1 saturated carbocycles. The van der Waals surface area contributed by atoms with Crippen LogP contribution in [0.5, 0.6) is 5.75 Å². The summed E-state index contributed by atoms with van der Waals surface area (Å²) in [6.45, 7) is 3.98. The van der Waals surface area contributed by atoms with Crippen molar-refractivity contribution in [2.24, 2.45) is 21.6 Å². The fourth-order valence-corrected chi connectivity index (χ4v) is 4.75.